The zero-order chi connectivity index (χ0) is 11.8. The minimum atomic E-state index is -0.00874. The van der Waals surface area contributed by atoms with Gasteiger partial charge >= 0.3 is 0 Å². The van der Waals surface area contributed by atoms with E-state index >= 15 is 0 Å². The second-order valence-corrected chi connectivity index (χ2v) is 4.07. The summed E-state index contributed by atoms with van der Waals surface area (Å²) < 4.78 is 5.01. The van der Waals surface area contributed by atoms with Crippen LogP contribution in [0.1, 0.15) is 19.3 Å². The first-order chi connectivity index (χ1) is 7.79. The molecule has 0 radical (unpaired) electrons. The molecule has 0 bridgehead atoms. The normalized spacial score (nSPS) is 20.4. The summed E-state index contributed by atoms with van der Waals surface area (Å²) in [6.07, 6.45) is 5.01. The SMILES string of the molecule is C=CCN(CCOC)C(=O)C1CCCCN1. The van der Waals surface area contributed by atoms with E-state index in [1.54, 1.807) is 18.1 Å². The Morgan fingerprint density at radius 2 is 2.44 bits per heavy atom. The molecule has 92 valence electrons. The van der Waals surface area contributed by atoms with Gasteiger partial charge in [0, 0.05) is 20.2 Å². The van der Waals surface area contributed by atoms with Crippen molar-refractivity contribution >= 4 is 5.91 Å². The molecule has 1 amide bonds. The van der Waals surface area contributed by atoms with Gasteiger partial charge in [-0.1, -0.05) is 12.5 Å². The molecule has 1 unspecified atom stereocenters. The van der Waals surface area contributed by atoms with Crippen molar-refractivity contribution in [3.8, 4) is 0 Å². The molecule has 1 aliphatic heterocycles. The van der Waals surface area contributed by atoms with E-state index in [0.29, 0.717) is 19.7 Å². The third kappa shape index (κ3) is 3.94. The van der Waals surface area contributed by atoms with E-state index in [0.717, 1.165) is 19.4 Å². The summed E-state index contributed by atoms with van der Waals surface area (Å²) in [5.74, 6) is 0.177. The highest BCUT2D eigenvalue weighted by Crippen LogP contribution is 2.09. The van der Waals surface area contributed by atoms with E-state index in [1.807, 2.05) is 0 Å². The molecule has 0 spiro atoms. The summed E-state index contributed by atoms with van der Waals surface area (Å²) in [7, 11) is 1.65. The Morgan fingerprint density at radius 3 is 3.00 bits per heavy atom. The minimum Gasteiger partial charge on any atom is -0.383 e. The molecule has 1 aliphatic rings. The smallest absolute Gasteiger partial charge is 0.240 e. The van der Waals surface area contributed by atoms with Crippen LogP contribution in [-0.2, 0) is 9.53 Å². The van der Waals surface area contributed by atoms with Crippen LogP contribution < -0.4 is 5.32 Å². The molecule has 4 heteroatoms. The molecule has 1 fully saturated rings. The lowest BCUT2D eigenvalue weighted by Crippen LogP contribution is -2.49. The number of rotatable bonds is 6. The molecule has 1 saturated heterocycles. The standard InChI is InChI=1S/C12H22N2O2/c1-3-8-14(9-10-16-2)12(15)11-6-4-5-7-13-11/h3,11,13H,1,4-10H2,2H3. The van der Waals surface area contributed by atoms with Crippen LogP contribution >= 0.6 is 0 Å². The second-order valence-electron chi connectivity index (χ2n) is 4.07. The Bertz CT molecular complexity index is 225. The predicted octanol–water partition coefficient (Wildman–Crippen LogP) is 0.789. The van der Waals surface area contributed by atoms with Gasteiger partial charge in [0.15, 0.2) is 0 Å². The van der Waals surface area contributed by atoms with Gasteiger partial charge in [-0.05, 0) is 19.4 Å². The lowest BCUT2D eigenvalue weighted by atomic mass is 10.0. The minimum absolute atomic E-state index is 0.00874. The number of ether oxygens (including phenoxy) is 1. The first kappa shape index (κ1) is 13.2. The molecule has 0 aliphatic carbocycles. The summed E-state index contributed by atoms with van der Waals surface area (Å²) in [5, 5.41) is 3.27. The summed E-state index contributed by atoms with van der Waals surface area (Å²) in [6, 6.07) is -0.00874. The largest absolute Gasteiger partial charge is 0.383 e. The first-order valence-electron chi connectivity index (χ1n) is 5.91. The molecule has 0 aromatic rings. The molecule has 1 atom stereocenters. The van der Waals surface area contributed by atoms with Crippen molar-refractivity contribution in [3.63, 3.8) is 0 Å². The number of piperidine rings is 1. The fourth-order valence-corrected chi connectivity index (χ4v) is 1.93. The van der Waals surface area contributed by atoms with Crippen LogP contribution in [0.4, 0.5) is 0 Å². The zero-order valence-corrected chi connectivity index (χ0v) is 10.1. The molecule has 0 aromatic heterocycles. The van der Waals surface area contributed by atoms with Crippen LogP contribution in [0.5, 0.6) is 0 Å². The van der Waals surface area contributed by atoms with Crippen LogP contribution in [0.15, 0.2) is 12.7 Å². The van der Waals surface area contributed by atoms with Crippen LogP contribution in [-0.4, -0.2) is 50.2 Å². The van der Waals surface area contributed by atoms with E-state index in [1.165, 1.54) is 6.42 Å². The highest BCUT2D eigenvalue weighted by atomic mass is 16.5. The highest BCUT2D eigenvalue weighted by Gasteiger charge is 2.24. The zero-order valence-electron chi connectivity index (χ0n) is 10.1. The summed E-state index contributed by atoms with van der Waals surface area (Å²) in [5.41, 5.74) is 0. The Morgan fingerprint density at radius 1 is 1.62 bits per heavy atom. The van der Waals surface area contributed by atoms with Crippen molar-refractivity contribution < 1.29 is 9.53 Å². The Kier molecular flexibility index (Phi) is 6.11. The van der Waals surface area contributed by atoms with E-state index in [4.69, 9.17) is 4.74 Å². The number of carbonyl (C=O) groups excluding carboxylic acids is 1. The van der Waals surface area contributed by atoms with Crippen molar-refractivity contribution in [1.82, 2.24) is 10.2 Å². The molecule has 1 heterocycles. The third-order valence-corrected chi connectivity index (χ3v) is 2.83. The lowest BCUT2D eigenvalue weighted by molar-refractivity contribution is -0.134. The molecular formula is C12H22N2O2. The monoisotopic (exact) mass is 226 g/mol. The topological polar surface area (TPSA) is 41.6 Å². The van der Waals surface area contributed by atoms with Gasteiger partial charge in [-0.15, -0.1) is 6.58 Å². The van der Waals surface area contributed by atoms with Crippen LogP contribution in [0, 0.1) is 0 Å². The number of nitrogens with zero attached hydrogens (tertiary/aromatic N) is 1. The van der Waals surface area contributed by atoms with E-state index in [2.05, 4.69) is 11.9 Å². The molecule has 4 nitrogen and oxygen atoms in total. The second kappa shape index (κ2) is 7.41. The van der Waals surface area contributed by atoms with E-state index in [9.17, 15) is 4.79 Å². The number of hydrogen-bond donors (Lipinski definition) is 1. The average molecular weight is 226 g/mol. The Balaban J connectivity index is 2.47. The number of carbonyl (C=O) groups is 1. The summed E-state index contributed by atoms with van der Waals surface area (Å²) in [4.78, 5) is 14.0. The van der Waals surface area contributed by atoms with Gasteiger partial charge in [0.25, 0.3) is 0 Å². The maximum Gasteiger partial charge on any atom is 0.240 e. The van der Waals surface area contributed by atoms with Crippen molar-refractivity contribution in [2.75, 3.05) is 33.4 Å². The molecular weight excluding hydrogens is 204 g/mol. The van der Waals surface area contributed by atoms with Gasteiger partial charge in [0.2, 0.25) is 5.91 Å². The maximum absolute atomic E-state index is 12.2. The van der Waals surface area contributed by atoms with Crippen molar-refractivity contribution in [2.24, 2.45) is 0 Å². The molecule has 1 rings (SSSR count). The van der Waals surface area contributed by atoms with Gasteiger partial charge in [0.05, 0.1) is 12.6 Å². The fourth-order valence-electron chi connectivity index (χ4n) is 1.93. The lowest BCUT2D eigenvalue weighted by Gasteiger charge is -2.29. The number of hydrogen-bond acceptors (Lipinski definition) is 3. The van der Waals surface area contributed by atoms with Gasteiger partial charge < -0.3 is 15.0 Å². The van der Waals surface area contributed by atoms with Crippen LogP contribution in [0.25, 0.3) is 0 Å². The van der Waals surface area contributed by atoms with Crippen LogP contribution in [0.3, 0.4) is 0 Å². The number of amides is 1. The quantitative estimate of drug-likeness (QED) is 0.681. The predicted molar refractivity (Wildman–Crippen MR) is 64.3 cm³/mol. The summed E-state index contributed by atoms with van der Waals surface area (Å²) >= 11 is 0. The molecule has 16 heavy (non-hydrogen) atoms. The fraction of sp³-hybridized carbons (Fsp3) is 0.750. The summed E-state index contributed by atoms with van der Waals surface area (Å²) in [6.45, 7) is 6.44. The molecule has 1 N–H and O–H groups in total. The molecule has 0 saturated carbocycles. The van der Waals surface area contributed by atoms with Gasteiger partial charge in [-0.3, -0.25) is 4.79 Å². The average Bonchev–Trinajstić information content (AvgIpc) is 2.35. The molecule has 0 aromatic carbocycles. The Hall–Kier alpha value is -0.870. The van der Waals surface area contributed by atoms with Gasteiger partial charge in [-0.2, -0.15) is 0 Å². The van der Waals surface area contributed by atoms with Crippen LogP contribution in [0.2, 0.25) is 0 Å². The Labute approximate surface area is 97.6 Å². The number of nitrogens with one attached hydrogen (secondary N) is 1. The van der Waals surface area contributed by atoms with Gasteiger partial charge in [-0.25, -0.2) is 0 Å². The van der Waals surface area contributed by atoms with E-state index < -0.39 is 0 Å². The highest BCUT2D eigenvalue weighted by molar-refractivity contribution is 5.82. The van der Waals surface area contributed by atoms with Crippen molar-refractivity contribution in [1.29, 1.82) is 0 Å². The van der Waals surface area contributed by atoms with E-state index in [-0.39, 0.29) is 11.9 Å². The maximum atomic E-state index is 12.2. The first-order valence-corrected chi connectivity index (χ1v) is 5.91. The number of methoxy groups -OCH3 is 1. The van der Waals surface area contributed by atoms with Gasteiger partial charge in [0.1, 0.15) is 0 Å². The van der Waals surface area contributed by atoms with Crippen molar-refractivity contribution in [3.05, 3.63) is 12.7 Å². The third-order valence-electron chi connectivity index (χ3n) is 2.83. The van der Waals surface area contributed by atoms with Crippen molar-refractivity contribution in [2.45, 2.75) is 25.3 Å².